The van der Waals surface area contributed by atoms with Gasteiger partial charge in [0.15, 0.2) is 0 Å². The fourth-order valence-electron chi connectivity index (χ4n) is 0.528. The van der Waals surface area contributed by atoms with Gasteiger partial charge >= 0.3 is 56.2 Å². The van der Waals surface area contributed by atoms with Gasteiger partial charge in [0.2, 0.25) is 12.3 Å². The Morgan fingerprint density at radius 3 is 0.714 bits per heavy atom. The quantitative estimate of drug-likeness (QED) is 0.0756. The van der Waals surface area contributed by atoms with Crippen LogP contribution in [0.5, 0.6) is 0 Å². The van der Waals surface area contributed by atoms with Gasteiger partial charge < -0.3 is 30.6 Å². The molecular weight excluding hydrogens is 606 g/mol. The molecule has 0 fully saturated rings. The van der Waals surface area contributed by atoms with Crippen molar-refractivity contribution in [2.45, 2.75) is 6.16 Å². The van der Waals surface area contributed by atoms with Gasteiger partial charge in [-0.3, -0.25) is 0 Å². The number of rotatable bonds is 12. The summed E-state index contributed by atoms with van der Waals surface area (Å²) in [6.07, 6.45) is -4.21. The van der Waals surface area contributed by atoms with Crippen molar-refractivity contribution < 1.29 is 88.1 Å². The van der Waals surface area contributed by atoms with Gasteiger partial charge in [-0.25, -0.2) is 27.9 Å². The molecule has 0 atom stereocenters. The first-order valence-corrected chi connectivity index (χ1v) is 6.20. The molecule has 0 radical (unpaired) electrons. The maximum absolute atomic E-state index is 9.83. The molecule has 0 saturated heterocycles. The van der Waals surface area contributed by atoms with Crippen LogP contribution in [-0.2, 0) is 47.4 Å². The molecule has 0 heterocycles. The van der Waals surface area contributed by atoms with Gasteiger partial charge in [-0.05, 0) is 0 Å². The standard InChI is InChI=1S/CN4O12.N2O6S.2NO3.Zn/c6-2(7)14-1(15-3(8)9,16-4(10)11)17-5(12)13;3-1(4)7-9-8-2(5)6;2*2-1(3)4;/q;;2*-1;+2. The van der Waals surface area contributed by atoms with Crippen LogP contribution < -0.4 is 0 Å². The second-order valence-corrected chi connectivity index (χ2v) is 3.31. The summed E-state index contributed by atoms with van der Waals surface area (Å²) in [5.41, 5.74) is 0. The average Bonchev–Trinajstić information content (AvgIpc) is 2.49. The molecule has 0 aromatic heterocycles. The third-order valence-electron chi connectivity index (χ3n) is 0.928. The molecule has 0 N–H and O–H groups in total. The van der Waals surface area contributed by atoms with Crippen LogP contribution >= 0.6 is 12.3 Å². The molecule has 35 heavy (non-hydrogen) atoms. The Kier molecular flexibility index (Phi) is 24.9. The maximum atomic E-state index is 9.83. The van der Waals surface area contributed by atoms with Crippen molar-refractivity contribution in [3.63, 3.8) is 0 Å². The predicted molar refractivity (Wildman–Crippen MR) is 79.5 cm³/mol. The van der Waals surface area contributed by atoms with E-state index in [0.29, 0.717) is 0 Å². The van der Waals surface area contributed by atoms with Gasteiger partial charge in [-0.2, -0.15) is 0 Å². The largest absolute Gasteiger partial charge is 2.00 e. The normalized spacial score (nSPS) is 8.23. The molecule has 0 spiro atoms. The minimum absolute atomic E-state index is 0. The Morgan fingerprint density at radius 2 is 0.600 bits per heavy atom. The summed E-state index contributed by atoms with van der Waals surface area (Å²) in [6, 6.07) is 0. The van der Waals surface area contributed by atoms with Gasteiger partial charge in [0.1, 0.15) is 0 Å². The minimum Gasteiger partial charge on any atom is -0.356 e. The zero-order valence-corrected chi connectivity index (χ0v) is 18.8. The molecule has 34 heteroatoms. The van der Waals surface area contributed by atoms with Crippen LogP contribution in [0.4, 0.5) is 0 Å². The van der Waals surface area contributed by atoms with E-state index in [1.54, 1.807) is 0 Å². The topological polar surface area (TPSA) is 447 Å². The molecule has 0 saturated carbocycles. The van der Waals surface area contributed by atoms with Crippen LogP contribution in [0.2, 0.25) is 0 Å². The summed E-state index contributed by atoms with van der Waals surface area (Å²) in [5, 5.41) is 77.2. The maximum Gasteiger partial charge on any atom is 2.00 e. The Hall–Kier alpha value is -5.43. The number of hydrogen-bond donors (Lipinski definition) is 0. The molecule has 0 aromatic rings. The molecule has 0 aliphatic heterocycles. The fraction of sp³-hybridized carbons (Fsp3) is 1.00. The van der Waals surface area contributed by atoms with Crippen LogP contribution in [-0.4, -0.2) is 46.9 Å². The van der Waals surface area contributed by atoms with E-state index in [2.05, 4.69) is 27.9 Å². The third-order valence-corrected chi connectivity index (χ3v) is 1.29. The van der Waals surface area contributed by atoms with E-state index in [-0.39, 0.29) is 31.8 Å². The molecule has 32 nitrogen and oxygen atoms in total. The summed E-state index contributed by atoms with van der Waals surface area (Å²) in [4.78, 5) is 86.7. The summed E-state index contributed by atoms with van der Waals surface area (Å²) in [6.45, 7) is 0. The Morgan fingerprint density at radius 1 is 0.429 bits per heavy atom. The molecule has 0 aliphatic carbocycles. The van der Waals surface area contributed by atoms with Crippen molar-refractivity contribution in [1.82, 2.24) is 0 Å². The second-order valence-electron chi connectivity index (χ2n) is 2.87. The summed E-state index contributed by atoms with van der Waals surface area (Å²) >= 11 is -0.329. The molecule has 0 amide bonds. The van der Waals surface area contributed by atoms with E-state index in [9.17, 15) is 60.7 Å². The van der Waals surface area contributed by atoms with Crippen LogP contribution in [0.1, 0.15) is 0 Å². The molecule has 0 aromatic carbocycles. The van der Waals surface area contributed by atoms with Crippen molar-refractivity contribution >= 4 is 12.3 Å². The van der Waals surface area contributed by atoms with Gasteiger partial charge in [-0.1, -0.05) is 0 Å². The molecule has 0 bridgehead atoms. The monoisotopic (exact) mass is 604 g/mol. The SMILES string of the molecule is O=[N+]([O-])OC(O[N+](=O)[O-])(O[N+](=O)[O-])O[N+](=O)[O-].O=[N+]([O-])OSO[N+](=O)[O-].O=[N+]([O-])[O-].O=[N+]([O-])[O-].[Zn+2]. The molecule has 196 valence electrons. The summed E-state index contributed by atoms with van der Waals surface area (Å²) < 4.78 is 6.66. The second kappa shape index (κ2) is 21.8. The van der Waals surface area contributed by atoms with Gasteiger partial charge in [0.25, 0.3) is 0 Å². The Balaban J connectivity index is -0.000000139. The average molecular weight is 606 g/mol. The molecule has 0 rings (SSSR count). The predicted octanol–water partition coefficient (Wildman–Crippen LogP) is -2.08. The van der Waals surface area contributed by atoms with E-state index in [0.717, 1.165) is 0 Å². The van der Waals surface area contributed by atoms with Crippen LogP contribution in [0.3, 0.4) is 0 Å². The first kappa shape index (κ1) is 40.0. The summed E-state index contributed by atoms with van der Waals surface area (Å²) in [7, 11) is 0. The zero-order valence-electron chi connectivity index (χ0n) is 15.0. The van der Waals surface area contributed by atoms with Crippen molar-refractivity contribution in [2.75, 3.05) is 0 Å². The number of hydrogen-bond acceptors (Lipinski definition) is 25. The minimum atomic E-state index is -4.21. The van der Waals surface area contributed by atoms with Crippen molar-refractivity contribution in [2.24, 2.45) is 0 Å². The van der Waals surface area contributed by atoms with Crippen LogP contribution in [0, 0.1) is 91.3 Å². The number of nitrogens with zero attached hydrogens (tertiary/aromatic N) is 8. The van der Waals surface area contributed by atoms with Crippen LogP contribution in [0.15, 0.2) is 0 Å². The van der Waals surface area contributed by atoms with Crippen molar-refractivity contribution in [3.05, 3.63) is 91.3 Å². The Labute approximate surface area is 198 Å². The third kappa shape index (κ3) is 47.7. The fourth-order valence-corrected chi connectivity index (χ4v) is 0.655. The van der Waals surface area contributed by atoms with E-state index >= 15 is 0 Å². The first-order valence-electron chi connectivity index (χ1n) is 5.53. The van der Waals surface area contributed by atoms with Crippen molar-refractivity contribution in [1.29, 1.82) is 0 Å². The van der Waals surface area contributed by atoms with Gasteiger partial charge in [0, 0.05) is 0 Å². The summed E-state index contributed by atoms with van der Waals surface area (Å²) in [5.74, 6) is 0. The molecule has 0 unspecified atom stereocenters. The van der Waals surface area contributed by atoms with E-state index in [1.165, 1.54) is 0 Å². The van der Waals surface area contributed by atoms with Gasteiger partial charge in [-0.15, -0.1) is 60.7 Å². The zero-order chi connectivity index (χ0) is 28.1. The van der Waals surface area contributed by atoms with E-state index in [4.69, 9.17) is 30.6 Å². The van der Waals surface area contributed by atoms with E-state index in [1.807, 2.05) is 0 Å². The molecular formula is CN8O24SZn. The van der Waals surface area contributed by atoms with Crippen LogP contribution in [0.25, 0.3) is 0 Å². The van der Waals surface area contributed by atoms with Crippen molar-refractivity contribution in [3.8, 4) is 0 Å². The smallest absolute Gasteiger partial charge is 0.356 e. The van der Waals surface area contributed by atoms with Gasteiger partial charge in [0.05, 0.1) is 10.2 Å². The van der Waals surface area contributed by atoms with E-state index < -0.39 is 46.9 Å². The molecule has 0 aliphatic rings. The Bertz CT molecular complexity index is 632. The first-order chi connectivity index (χ1) is 15.3.